The Morgan fingerprint density at radius 2 is 1.79 bits per heavy atom. The maximum Gasteiger partial charge on any atom is 0.246 e. The Kier molecular flexibility index (Phi) is 5.73. The van der Waals surface area contributed by atoms with Crippen molar-refractivity contribution in [3.8, 4) is 5.75 Å². The Morgan fingerprint density at radius 1 is 1.11 bits per heavy atom. The number of hydrogen-bond donors (Lipinski definition) is 1. The van der Waals surface area contributed by atoms with Crippen molar-refractivity contribution >= 4 is 33.0 Å². The number of carbonyl (C=O) groups excluding carboxylic acids is 1. The largest absolute Gasteiger partial charge is 0.495 e. The lowest BCUT2D eigenvalue weighted by molar-refractivity contribution is -0.118. The van der Waals surface area contributed by atoms with Crippen LogP contribution in [0.4, 0.5) is 5.69 Å². The monoisotopic (exact) mass is 421 g/mol. The molecule has 0 aromatic heterocycles. The van der Waals surface area contributed by atoms with E-state index in [2.05, 4.69) is 5.32 Å². The van der Waals surface area contributed by atoms with Crippen LogP contribution in [0, 0.1) is 13.8 Å². The minimum absolute atomic E-state index is 0.225. The summed E-state index contributed by atoms with van der Waals surface area (Å²) in [6.45, 7) is 3.60. The average Bonchev–Trinajstić information content (AvgIpc) is 3.15. The molecule has 1 amide bonds. The first kappa shape index (κ1) is 20.7. The quantitative estimate of drug-likeness (QED) is 0.760. The van der Waals surface area contributed by atoms with Crippen molar-refractivity contribution in [3.05, 3.63) is 52.5 Å². The lowest BCUT2D eigenvalue weighted by Gasteiger charge is -2.29. The summed E-state index contributed by atoms with van der Waals surface area (Å²) in [6, 6.07) is 10.1. The third kappa shape index (κ3) is 3.51. The van der Waals surface area contributed by atoms with Gasteiger partial charge < -0.3 is 10.1 Å². The van der Waals surface area contributed by atoms with E-state index < -0.39 is 20.5 Å². The van der Waals surface area contributed by atoms with Gasteiger partial charge >= 0.3 is 0 Å². The Bertz CT molecular complexity index is 1010. The van der Waals surface area contributed by atoms with Gasteiger partial charge in [0.25, 0.3) is 0 Å². The van der Waals surface area contributed by atoms with Crippen LogP contribution in [0.2, 0.25) is 5.02 Å². The third-order valence-corrected chi connectivity index (χ3v) is 8.26. The highest BCUT2D eigenvalue weighted by atomic mass is 35.5. The van der Waals surface area contributed by atoms with Crippen LogP contribution in [0.5, 0.6) is 5.75 Å². The average molecular weight is 422 g/mol. The summed E-state index contributed by atoms with van der Waals surface area (Å²) in [5.74, 6) is -0.110. The van der Waals surface area contributed by atoms with E-state index in [0.29, 0.717) is 34.9 Å². The number of benzene rings is 2. The molecule has 7 heteroatoms. The summed E-state index contributed by atoms with van der Waals surface area (Å²) in [4.78, 5) is 13.6. The second-order valence-electron chi connectivity index (χ2n) is 7.27. The van der Waals surface area contributed by atoms with E-state index in [9.17, 15) is 13.2 Å². The summed E-state index contributed by atoms with van der Waals surface area (Å²) in [6.07, 6.45) is 1.95. The number of hydrogen-bond acceptors (Lipinski definition) is 4. The van der Waals surface area contributed by atoms with E-state index in [0.717, 1.165) is 5.56 Å². The fourth-order valence-electron chi connectivity index (χ4n) is 3.79. The molecule has 0 saturated heterocycles. The molecule has 1 aliphatic carbocycles. The number of amides is 1. The molecule has 1 N–H and O–H groups in total. The van der Waals surface area contributed by atoms with Crippen LogP contribution in [0.1, 0.15) is 36.8 Å². The number of carbonyl (C=O) groups is 1. The zero-order valence-electron chi connectivity index (χ0n) is 16.2. The zero-order chi connectivity index (χ0) is 20.5. The van der Waals surface area contributed by atoms with Crippen molar-refractivity contribution in [2.45, 2.75) is 49.2 Å². The topological polar surface area (TPSA) is 72.5 Å². The third-order valence-electron chi connectivity index (χ3n) is 5.38. The van der Waals surface area contributed by atoms with Crippen LogP contribution in [-0.4, -0.2) is 26.2 Å². The molecule has 0 atom stereocenters. The van der Waals surface area contributed by atoms with Gasteiger partial charge in [-0.05, 0) is 62.1 Å². The number of anilines is 1. The van der Waals surface area contributed by atoms with Gasteiger partial charge in [-0.1, -0.05) is 36.6 Å². The lowest BCUT2D eigenvalue weighted by Crippen LogP contribution is -2.47. The van der Waals surface area contributed by atoms with Gasteiger partial charge in [0.2, 0.25) is 5.91 Å². The van der Waals surface area contributed by atoms with Crippen LogP contribution >= 0.6 is 11.6 Å². The number of sulfone groups is 1. The molecule has 2 aromatic carbocycles. The first-order valence-electron chi connectivity index (χ1n) is 9.18. The molecule has 28 heavy (non-hydrogen) atoms. The maximum absolute atomic E-state index is 13.7. The number of methoxy groups -OCH3 is 1. The molecule has 150 valence electrons. The predicted molar refractivity (Wildman–Crippen MR) is 111 cm³/mol. The molecular formula is C21H24ClNO4S. The predicted octanol–water partition coefficient (Wildman–Crippen LogP) is 4.69. The molecule has 0 spiro atoms. The zero-order valence-corrected chi connectivity index (χ0v) is 17.8. The first-order valence-corrected chi connectivity index (χ1v) is 11.0. The van der Waals surface area contributed by atoms with E-state index >= 15 is 0 Å². The van der Waals surface area contributed by atoms with Crippen molar-refractivity contribution in [2.24, 2.45) is 0 Å². The molecular weight excluding hydrogens is 398 g/mol. The van der Waals surface area contributed by atoms with Crippen molar-refractivity contribution in [1.82, 2.24) is 0 Å². The fraction of sp³-hybridized carbons (Fsp3) is 0.381. The molecule has 2 aromatic rings. The summed E-state index contributed by atoms with van der Waals surface area (Å²) in [5, 5.41) is 3.19. The fourth-order valence-corrected chi connectivity index (χ4v) is 6.33. The Labute approximate surface area is 171 Å². The maximum atomic E-state index is 13.7. The van der Waals surface area contributed by atoms with Gasteiger partial charge in [-0.15, -0.1) is 0 Å². The summed E-state index contributed by atoms with van der Waals surface area (Å²) < 4.78 is 31.1. The van der Waals surface area contributed by atoms with E-state index in [4.69, 9.17) is 16.3 Å². The Morgan fingerprint density at radius 3 is 2.43 bits per heavy atom. The smallest absolute Gasteiger partial charge is 0.246 e. The van der Waals surface area contributed by atoms with Crippen LogP contribution in [0.3, 0.4) is 0 Å². The van der Waals surface area contributed by atoms with E-state index in [1.54, 1.807) is 37.3 Å². The van der Waals surface area contributed by atoms with E-state index in [-0.39, 0.29) is 17.7 Å². The highest BCUT2D eigenvalue weighted by Gasteiger charge is 2.53. The minimum Gasteiger partial charge on any atom is -0.495 e. The van der Waals surface area contributed by atoms with Crippen LogP contribution in [0.15, 0.2) is 41.3 Å². The second kappa shape index (κ2) is 7.76. The molecule has 1 saturated carbocycles. The minimum atomic E-state index is -3.89. The van der Waals surface area contributed by atoms with Crippen LogP contribution < -0.4 is 10.1 Å². The standard InChI is InChI=1S/C21H24ClNO4S/c1-14-6-7-15(2)19(12-14)28(25,26)21(10-4-5-11-21)20(24)23-17-13-16(22)8-9-18(17)27-3/h6-9,12-13H,4-5,10-11H2,1-3H3,(H,23,24). The highest BCUT2D eigenvalue weighted by Crippen LogP contribution is 2.43. The molecule has 0 aliphatic heterocycles. The number of ether oxygens (including phenoxy) is 1. The highest BCUT2D eigenvalue weighted by molar-refractivity contribution is 7.93. The summed E-state index contributed by atoms with van der Waals surface area (Å²) in [5.41, 5.74) is 1.85. The Balaban J connectivity index is 2.06. The van der Waals surface area contributed by atoms with Crippen molar-refractivity contribution in [1.29, 1.82) is 0 Å². The molecule has 0 bridgehead atoms. The summed E-state index contributed by atoms with van der Waals surface area (Å²) in [7, 11) is -2.41. The second-order valence-corrected chi connectivity index (χ2v) is 9.94. The molecule has 0 heterocycles. The molecule has 0 radical (unpaired) electrons. The number of aryl methyl sites for hydroxylation is 2. The summed E-state index contributed by atoms with van der Waals surface area (Å²) >= 11 is 6.05. The van der Waals surface area contributed by atoms with Gasteiger partial charge in [0, 0.05) is 5.02 Å². The number of nitrogens with one attached hydrogen (secondary N) is 1. The van der Waals surface area contributed by atoms with Gasteiger partial charge in [0.05, 0.1) is 17.7 Å². The van der Waals surface area contributed by atoms with Crippen LogP contribution in [-0.2, 0) is 14.6 Å². The molecule has 0 unspecified atom stereocenters. The van der Waals surface area contributed by atoms with Crippen molar-refractivity contribution in [2.75, 3.05) is 12.4 Å². The SMILES string of the molecule is COc1ccc(Cl)cc1NC(=O)C1(S(=O)(=O)c2cc(C)ccc2C)CCCC1. The van der Waals surface area contributed by atoms with Gasteiger partial charge in [0.15, 0.2) is 14.6 Å². The Hall–Kier alpha value is -2.05. The van der Waals surface area contributed by atoms with Gasteiger partial charge in [-0.25, -0.2) is 8.42 Å². The number of rotatable bonds is 5. The van der Waals surface area contributed by atoms with E-state index in [1.165, 1.54) is 7.11 Å². The normalized spacial score (nSPS) is 16.0. The van der Waals surface area contributed by atoms with Gasteiger partial charge in [0.1, 0.15) is 5.75 Å². The van der Waals surface area contributed by atoms with Gasteiger partial charge in [-0.3, -0.25) is 4.79 Å². The lowest BCUT2D eigenvalue weighted by atomic mass is 10.1. The molecule has 3 rings (SSSR count). The van der Waals surface area contributed by atoms with Crippen molar-refractivity contribution in [3.63, 3.8) is 0 Å². The first-order chi connectivity index (χ1) is 13.2. The van der Waals surface area contributed by atoms with E-state index in [1.807, 2.05) is 13.0 Å². The molecule has 1 aliphatic rings. The van der Waals surface area contributed by atoms with Gasteiger partial charge in [-0.2, -0.15) is 0 Å². The number of halogens is 1. The van der Waals surface area contributed by atoms with Crippen LogP contribution in [0.25, 0.3) is 0 Å². The molecule has 5 nitrogen and oxygen atoms in total. The van der Waals surface area contributed by atoms with Crippen molar-refractivity contribution < 1.29 is 17.9 Å². The molecule has 1 fully saturated rings.